The summed E-state index contributed by atoms with van der Waals surface area (Å²) in [6.07, 6.45) is 2.27. The largest absolute Gasteiger partial charge is 0.489 e. The number of benzene rings is 1. The SMILES string of the molecule is COc1nccnc1NCC(O)COc1cccc(Cl)c1Cl. The Bertz CT molecular complexity index is 628. The van der Waals surface area contributed by atoms with E-state index in [4.69, 9.17) is 32.7 Å². The van der Waals surface area contributed by atoms with Crippen molar-refractivity contribution in [1.82, 2.24) is 9.97 Å². The van der Waals surface area contributed by atoms with Gasteiger partial charge in [0.05, 0.1) is 12.1 Å². The number of nitrogens with one attached hydrogen (secondary N) is 1. The van der Waals surface area contributed by atoms with Crippen LogP contribution in [0.25, 0.3) is 0 Å². The average molecular weight is 344 g/mol. The quantitative estimate of drug-likeness (QED) is 0.804. The summed E-state index contributed by atoms with van der Waals surface area (Å²) >= 11 is 11.9. The van der Waals surface area contributed by atoms with E-state index in [1.54, 1.807) is 18.2 Å². The first-order valence-corrected chi connectivity index (χ1v) is 7.21. The number of anilines is 1. The molecule has 1 aromatic heterocycles. The van der Waals surface area contributed by atoms with Gasteiger partial charge < -0.3 is 19.9 Å². The van der Waals surface area contributed by atoms with Gasteiger partial charge in [-0.3, -0.25) is 0 Å². The molecule has 1 heterocycles. The second-order valence-corrected chi connectivity index (χ2v) is 5.10. The predicted octanol–water partition coefficient (Wildman–Crippen LogP) is 2.64. The fourth-order valence-electron chi connectivity index (χ4n) is 1.65. The molecule has 0 aliphatic carbocycles. The normalized spacial score (nSPS) is 11.8. The molecule has 1 unspecified atom stereocenters. The lowest BCUT2D eigenvalue weighted by Crippen LogP contribution is -2.26. The zero-order valence-electron chi connectivity index (χ0n) is 11.8. The second-order valence-electron chi connectivity index (χ2n) is 4.31. The smallest absolute Gasteiger partial charge is 0.257 e. The summed E-state index contributed by atoms with van der Waals surface area (Å²) in [5, 5.41) is 13.6. The minimum atomic E-state index is -0.776. The fraction of sp³-hybridized carbons (Fsp3) is 0.286. The molecule has 0 aliphatic heterocycles. The number of nitrogens with zero attached hydrogens (tertiary/aromatic N) is 2. The number of ether oxygens (including phenoxy) is 2. The fourth-order valence-corrected chi connectivity index (χ4v) is 2.00. The summed E-state index contributed by atoms with van der Waals surface area (Å²) in [6.45, 7) is 0.267. The molecule has 0 saturated heterocycles. The molecule has 1 atom stereocenters. The Morgan fingerprint density at radius 2 is 2.05 bits per heavy atom. The van der Waals surface area contributed by atoms with Crippen LogP contribution >= 0.6 is 23.2 Å². The lowest BCUT2D eigenvalue weighted by Gasteiger charge is -2.15. The van der Waals surface area contributed by atoms with E-state index in [2.05, 4.69) is 15.3 Å². The molecule has 0 amide bonds. The molecular formula is C14H15Cl2N3O3. The van der Waals surface area contributed by atoms with Crippen molar-refractivity contribution in [3.63, 3.8) is 0 Å². The number of hydrogen-bond donors (Lipinski definition) is 2. The molecule has 1 aromatic carbocycles. The van der Waals surface area contributed by atoms with Crippen molar-refractivity contribution in [1.29, 1.82) is 0 Å². The molecule has 22 heavy (non-hydrogen) atoms. The van der Waals surface area contributed by atoms with Crippen LogP contribution < -0.4 is 14.8 Å². The van der Waals surface area contributed by atoms with Crippen molar-refractivity contribution < 1.29 is 14.6 Å². The third-order valence-electron chi connectivity index (χ3n) is 2.71. The van der Waals surface area contributed by atoms with Gasteiger partial charge in [-0.2, -0.15) is 0 Å². The highest BCUT2D eigenvalue weighted by atomic mass is 35.5. The summed E-state index contributed by atoms with van der Waals surface area (Å²) in [7, 11) is 1.50. The molecule has 0 aliphatic rings. The molecule has 0 spiro atoms. The van der Waals surface area contributed by atoms with Gasteiger partial charge in [-0.05, 0) is 12.1 Å². The van der Waals surface area contributed by atoms with E-state index in [0.29, 0.717) is 27.5 Å². The van der Waals surface area contributed by atoms with Crippen LogP contribution in [0.2, 0.25) is 10.0 Å². The molecule has 0 saturated carbocycles. The van der Waals surface area contributed by atoms with Crippen LogP contribution in [0.3, 0.4) is 0 Å². The van der Waals surface area contributed by atoms with Gasteiger partial charge >= 0.3 is 0 Å². The van der Waals surface area contributed by atoms with Crippen molar-refractivity contribution in [3.05, 3.63) is 40.6 Å². The molecular weight excluding hydrogens is 329 g/mol. The molecule has 118 valence electrons. The van der Waals surface area contributed by atoms with Crippen LogP contribution in [-0.2, 0) is 0 Å². The first kappa shape index (κ1) is 16.6. The van der Waals surface area contributed by atoms with Crippen molar-refractivity contribution in [2.45, 2.75) is 6.10 Å². The number of methoxy groups -OCH3 is 1. The molecule has 8 heteroatoms. The topological polar surface area (TPSA) is 76.5 Å². The zero-order chi connectivity index (χ0) is 15.9. The van der Waals surface area contributed by atoms with Crippen LogP contribution in [0.4, 0.5) is 5.82 Å². The third-order valence-corrected chi connectivity index (χ3v) is 3.51. The second kappa shape index (κ2) is 8.03. The van der Waals surface area contributed by atoms with E-state index in [1.165, 1.54) is 19.5 Å². The van der Waals surface area contributed by atoms with E-state index in [1.807, 2.05) is 0 Å². The zero-order valence-corrected chi connectivity index (χ0v) is 13.3. The number of halogens is 2. The van der Waals surface area contributed by atoms with E-state index in [0.717, 1.165) is 0 Å². The lowest BCUT2D eigenvalue weighted by molar-refractivity contribution is 0.117. The van der Waals surface area contributed by atoms with Gasteiger partial charge in [-0.1, -0.05) is 29.3 Å². The Kier molecular flexibility index (Phi) is 6.06. The minimum Gasteiger partial charge on any atom is -0.489 e. The maximum atomic E-state index is 9.94. The average Bonchev–Trinajstić information content (AvgIpc) is 2.54. The van der Waals surface area contributed by atoms with Crippen molar-refractivity contribution in [2.75, 3.05) is 25.6 Å². The number of aliphatic hydroxyl groups is 1. The van der Waals surface area contributed by atoms with Crippen LogP contribution in [0.5, 0.6) is 11.6 Å². The molecule has 0 radical (unpaired) electrons. The van der Waals surface area contributed by atoms with Gasteiger partial charge in [0.15, 0.2) is 5.82 Å². The highest BCUT2D eigenvalue weighted by Gasteiger charge is 2.11. The van der Waals surface area contributed by atoms with Gasteiger partial charge in [0.2, 0.25) is 0 Å². The predicted molar refractivity (Wildman–Crippen MR) is 85.0 cm³/mol. The van der Waals surface area contributed by atoms with Crippen LogP contribution in [0.1, 0.15) is 0 Å². The monoisotopic (exact) mass is 343 g/mol. The van der Waals surface area contributed by atoms with Gasteiger partial charge in [-0.15, -0.1) is 0 Å². The minimum absolute atomic E-state index is 0.0512. The van der Waals surface area contributed by atoms with E-state index in [9.17, 15) is 5.11 Å². The molecule has 0 fully saturated rings. The van der Waals surface area contributed by atoms with Crippen LogP contribution in [0.15, 0.2) is 30.6 Å². The lowest BCUT2D eigenvalue weighted by atomic mass is 10.3. The number of aliphatic hydroxyl groups excluding tert-OH is 1. The van der Waals surface area contributed by atoms with E-state index < -0.39 is 6.10 Å². The van der Waals surface area contributed by atoms with Gasteiger partial charge in [0, 0.05) is 18.9 Å². The van der Waals surface area contributed by atoms with Gasteiger partial charge in [0.25, 0.3) is 5.88 Å². The number of aromatic nitrogens is 2. The van der Waals surface area contributed by atoms with Crippen molar-refractivity contribution in [3.8, 4) is 11.6 Å². The Morgan fingerprint density at radius 1 is 1.27 bits per heavy atom. The van der Waals surface area contributed by atoms with Crippen molar-refractivity contribution in [2.24, 2.45) is 0 Å². The van der Waals surface area contributed by atoms with E-state index in [-0.39, 0.29) is 13.2 Å². The number of rotatable bonds is 7. The first-order chi connectivity index (χ1) is 10.6. The summed E-state index contributed by atoms with van der Waals surface area (Å²) in [6, 6.07) is 5.06. The Morgan fingerprint density at radius 3 is 2.82 bits per heavy atom. The summed E-state index contributed by atoms with van der Waals surface area (Å²) in [5.41, 5.74) is 0. The number of hydrogen-bond acceptors (Lipinski definition) is 6. The Balaban J connectivity index is 1.85. The third kappa shape index (κ3) is 4.37. The Labute approximate surface area is 138 Å². The molecule has 2 N–H and O–H groups in total. The molecule has 0 bridgehead atoms. The highest BCUT2D eigenvalue weighted by molar-refractivity contribution is 6.42. The first-order valence-electron chi connectivity index (χ1n) is 6.45. The van der Waals surface area contributed by atoms with E-state index >= 15 is 0 Å². The van der Waals surface area contributed by atoms with Gasteiger partial charge in [-0.25, -0.2) is 9.97 Å². The maximum absolute atomic E-state index is 9.94. The maximum Gasteiger partial charge on any atom is 0.257 e. The summed E-state index contributed by atoms with van der Waals surface area (Å²) < 4.78 is 10.5. The van der Waals surface area contributed by atoms with Crippen LogP contribution in [0, 0.1) is 0 Å². The standard InChI is InChI=1S/C14H15Cl2N3O3/c1-21-14-13(17-5-6-18-14)19-7-9(20)8-22-11-4-2-3-10(15)12(11)16/h2-6,9,20H,7-8H2,1H3,(H,17,19). The van der Waals surface area contributed by atoms with Gasteiger partial charge in [0.1, 0.15) is 23.5 Å². The summed E-state index contributed by atoms with van der Waals surface area (Å²) in [5.74, 6) is 1.23. The van der Waals surface area contributed by atoms with Crippen molar-refractivity contribution >= 4 is 29.0 Å². The molecule has 2 rings (SSSR count). The highest BCUT2D eigenvalue weighted by Crippen LogP contribution is 2.31. The summed E-state index contributed by atoms with van der Waals surface area (Å²) in [4.78, 5) is 8.07. The molecule has 2 aromatic rings. The molecule has 6 nitrogen and oxygen atoms in total. The van der Waals surface area contributed by atoms with Crippen LogP contribution in [-0.4, -0.2) is 41.4 Å². The Hall–Kier alpha value is -1.76.